The van der Waals surface area contributed by atoms with Crippen molar-refractivity contribution in [3.8, 4) is 0 Å². The van der Waals surface area contributed by atoms with Crippen molar-refractivity contribution in [3.05, 3.63) is 89.9 Å². The number of hydrogen-bond acceptors (Lipinski definition) is 3. The van der Waals surface area contributed by atoms with Crippen LogP contribution in [0.25, 0.3) is 0 Å². The Bertz CT molecular complexity index is 1100. The Kier molecular flexibility index (Phi) is 8.57. The molecule has 186 valence electrons. The molecule has 0 bridgehead atoms. The average Bonchev–Trinajstić information content (AvgIpc) is 3.31. The molecule has 0 fully saturated rings. The van der Waals surface area contributed by atoms with Crippen molar-refractivity contribution in [1.29, 1.82) is 0 Å². The smallest absolute Gasteiger partial charge is 0.416 e. The normalized spacial score (nSPS) is 11.4. The van der Waals surface area contributed by atoms with Gasteiger partial charge in [0.15, 0.2) is 0 Å². The van der Waals surface area contributed by atoms with Gasteiger partial charge >= 0.3 is 12.2 Å². The number of benzene rings is 2. The van der Waals surface area contributed by atoms with Crippen molar-refractivity contribution >= 4 is 17.6 Å². The molecule has 35 heavy (non-hydrogen) atoms. The van der Waals surface area contributed by atoms with Crippen LogP contribution in [0.4, 0.5) is 23.7 Å². The highest BCUT2D eigenvalue weighted by Gasteiger charge is 2.31. The molecule has 0 aliphatic heterocycles. The standard InChI is InChI=1S/C26H28F3N3O3/c1-19(2)15-32(25(34)30-22-11-6-10-21(14-22)26(27,28)29)18-24(33)31(17-23-12-7-13-35-23)16-20-8-4-3-5-9-20/h3-14,19H,15-18H2,1-2H3,(H,30,34). The number of carbonyl (C=O) groups excluding carboxylic acids is 2. The highest BCUT2D eigenvalue weighted by atomic mass is 19.4. The van der Waals surface area contributed by atoms with Gasteiger partial charge < -0.3 is 19.5 Å². The van der Waals surface area contributed by atoms with E-state index in [1.807, 2.05) is 44.2 Å². The Morgan fingerprint density at radius 2 is 1.69 bits per heavy atom. The molecule has 0 unspecified atom stereocenters. The quantitative estimate of drug-likeness (QED) is 0.402. The van der Waals surface area contributed by atoms with Gasteiger partial charge in [-0.05, 0) is 41.8 Å². The van der Waals surface area contributed by atoms with Crippen LogP contribution in [0.3, 0.4) is 0 Å². The van der Waals surface area contributed by atoms with E-state index in [1.165, 1.54) is 23.3 Å². The van der Waals surface area contributed by atoms with Crippen LogP contribution < -0.4 is 5.32 Å². The van der Waals surface area contributed by atoms with E-state index in [0.29, 0.717) is 12.3 Å². The lowest BCUT2D eigenvalue weighted by molar-refractivity contribution is -0.137. The number of amides is 3. The summed E-state index contributed by atoms with van der Waals surface area (Å²) in [6, 6.07) is 16.7. The number of furan rings is 1. The molecule has 0 saturated carbocycles. The van der Waals surface area contributed by atoms with Gasteiger partial charge in [0.1, 0.15) is 12.3 Å². The zero-order valence-electron chi connectivity index (χ0n) is 19.6. The molecule has 3 aromatic rings. The Labute approximate surface area is 202 Å². The zero-order valence-corrected chi connectivity index (χ0v) is 19.6. The van der Waals surface area contributed by atoms with E-state index < -0.39 is 17.8 Å². The second kappa shape index (κ2) is 11.6. The third-order valence-corrected chi connectivity index (χ3v) is 5.14. The molecule has 1 aromatic heterocycles. The molecule has 0 spiro atoms. The molecule has 0 atom stereocenters. The summed E-state index contributed by atoms with van der Waals surface area (Å²) < 4.78 is 44.6. The van der Waals surface area contributed by atoms with Crippen LogP contribution in [0.5, 0.6) is 0 Å². The third kappa shape index (κ3) is 7.91. The maximum atomic E-state index is 13.3. The van der Waals surface area contributed by atoms with Crippen LogP contribution in [-0.2, 0) is 24.1 Å². The van der Waals surface area contributed by atoms with Gasteiger partial charge in [-0.1, -0.05) is 50.2 Å². The first-order chi connectivity index (χ1) is 16.6. The number of hydrogen-bond donors (Lipinski definition) is 1. The SMILES string of the molecule is CC(C)CN(CC(=O)N(Cc1ccccc1)Cc1ccco1)C(=O)Nc1cccc(C(F)(F)F)c1. The number of alkyl halides is 3. The van der Waals surface area contributed by atoms with Crippen LogP contribution in [0.2, 0.25) is 0 Å². The zero-order chi connectivity index (χ0) is 25.4. The molecule has 6 nitrogen and oxygen atoms in total. The Morgan fingerprint density at radius 1 is 0.943 bits per heavy atom. The van der Waals surface area contributed by atoms with E-state index >= 15 is 0 Å². The van der Waals surface area contributed by atoms with E-state index in [0.717, 1.165) is 17.7 Å². The van der Waals surface area contributed by atoms with Crippen molar-refractivity contribution in [2.45, 2.75) is 33.1 Å². The van der Waals surface area contributed by atoms with Crippen molar-refractivity contribution in [1.82, 2.24) is 9.80 Å². The molecule has 2 aromatic carbocycles. The van der Waals surface area contributed by atoms with Crippen LogP contribution in [0.1, 0.15) is 30.7 Å². The molecule has 0 radical (unpaired) electrons. The van der Waals surface area contributed by atoms with Crippen molar-refractivity contribution in [2.75, 3.05) is 18.4 Å². The third-order valence-electron chi connectivity index (χ3n) is 5.14. The summed E-state index contributed by atoms with van der Waals surface area (Å²) in [5.74, 6) is 0.311. The monoisotopic (exact) mass is 487 g/mol. The number of urea groups is 1. The lowest BCUT2D eigenvalue weighted by Gasteiger charge is -2.28. The molecule has 0 saturated heterocycles. The number of carbonyl (C=O) groups is 2. The fourth-order valence-electron chi connectivity index (χ4n) is 3.53. The first-order valence-electron chi connectivity index (χ1n) is 11.2. The Balaban J connectivity index is 1.76. The summed E-state index contributed by atoms with van der Waals surface area (Å²) >= 11 is 0. The predicted octanol–water partition coefficient (Wildman–Crippen LogP) is 6.02. The number of halogens is 3. The van der Waals surface area contributed by atoms with Gasteiger partial charge in [-0.15, -0.1) is 0 Å². The maximum absolute atomic E-state index is 13.3. The van der Waals surface area contributed by atoms with Crippen LogP contribution in [-0.4, -0.2) is 34.8 Å². The summed E-state index contributed by atoms with van der Waals surface area (Å²) in [7, 11) is 0. The van der Waals surface area contributed by atoms with Crippen molar-refractivity contribution in [3.63, 3.8) is 0 Å². The lowest BCUT2D eigenvalue weighted by atomic mass is 10.2. The first kappa shape index (κ1) is 25.9. The summed E-state index contributed by atoms with van der Waals surface area (Å²) in [5.41, 5.74) is 0.0493. The molecule has 0 aliphatic carbocycles. The van der Waals surface area contributed by atoms with E-state index in [2.05, 4.69) is 5.32 Å². The maximum Gasteiger partial charge on any atom is 0.416 e. The number of nitrogens with zero attached hydrogens (tertiary/aromatic N) is 2. The number of nitrogens with one attached hydrogen (secondary N) is 1. The summed E-state index contributed by atoms with van der Waals surface area (Å²) in [6.45, 7) is 4.31. The fourth-order valence-corrected chi connectivity index (χ4v) is 3.53. The van der Waals surface area contributed by atoms with Gasteiger partial charge in [0, 0.05) is 18.8 Å². The van der Waals surface area contributed by atoms with E-state index in [9.17, 15) is 22.8 Å². The van der Waals surface area contributed by atoms with Gasteiger partial charge in [0.25, 0.3) is 0 Å². The number of rotatable bonds is 9. The van der Waals surface area contributed by atoms with Crippen LogP contribution in [0.15, 0.2) is 77.4 Å². The predicted molar refractivity (Wildman–Crippen MR) is 126 cm³/mol. The summed E-state index contributed by atoms with van der Waals surface area (Å²) in [6.07, 6.45) is -3.01. The molecule has 0 aliphatic rings. The summed E-state index contributed by atoms with van der Waals surface area (Å²) in [4.78, 5) is 29.2. The molecule has 1 heterocycles. The van der Waals surface area contributed by atoms with Gasteiger partial charge in [-0.25, -0.2) is 4.79 Å². The largest absolute Gasteiger partial charge is 0.467 e. The molecule has 9 heteroatoms. The van der Waals surface area contributed by atoms with Crippen LogP contribution in [0, 0.1) is 5.92 Å². The van der Waals surface area contributed by atoms with Gasteiger partial charge in [-0.2, -0.15) is 13.2 Å². The lowest BCUT2D eigenvalue weighted by Crippen LogP contribution is -2.45. The van der Waals surface area contributed by atoms with Crippen LogP contribution >= 0.6 is 0 Å². The minimum atomic E-state index is -4.53. The second-order valence-electron chi connectivity index (χ2n) is 8.60. The molecular weight excluding hydrogens is 459 g/mol. The molecule has 3 amide bonds. The summed E-state index contributed by atoms with van der Waals surface area (Å²) in [5, 5.41) is 2.50. The molecule has 3 rings (SSSR count). The Hall–Kier alpha value is -3.75. The average molecular weight is 488 g/mol. The topological polar surface area (TPSA) is 65.8 Å². The van der Waals surface area contributed by atoms with Crippen molar-refractivity contribution in [2.24, 2.45) is 5.92 Å². The highest BCUT2D eigenvalue weighted by molar-refractivity contribution is 5.92. The molecular formula is C26H28F3N3O3. The minimum absolute atomic E-state index is 0.00255. The molecule has 1 N–H and O–H groups in total. The Morgan fingerprint density at radius 3 is 2.31 bits per heavy atom. The number of anilines is 1. The highest BCUT2D eigenvalue weighted by Crippen LogP contribution is 2.30. The fraction of sp³-hybridized carbons (Fsp3) is 0.308. The van der Waals surface area contributed by atoms with E-state index in [-0.39, 0.29) is 37.1 Å². The van der Waals surface area contributed by atoms with E-state index in [4.69, 9.17) is 4.42 Å². The van der Waals surface area contributed by atoms with E-state index in [1.54, 1.807) is 17.0 Å². The van der Waals surface area contributed by atoms with Gasteiger partial charge in [0.05, 0.1) is 18.4 Å². The van der Waals surface area contributed by atoms with Gasteiger partial charge in [-0.3, -0.25) is 4.79 Å². The minimum Gasteiger partial charge on any atom is -0.467 e. The van der Waals surface area contributed by atoms with Crippen molar-refractivity contribution < 1.29 is 27.2 Å². The second-order valence-corrected chi connectivity index (χ2v) is 8.60. The van der Waals surface area contributed by atoms with Gasteiger partial charge in [0.2, 0.25) is 5.91 Å². The first-order valence-corrected chi connectivity index (χ1v) is 11.2.